The van der Waals surface area contributed by atoms with E-state index >= 15 is 0 Å². The highest BCUT2D eigenvalue weighted by atomic mass is 35.5. The van der Waals surface area contributed by atoms with Gasteiger partial charge in [-0.15, -0.1) is 0 Å². The minimum atomic E-state index is -1.16. The molecule has 6 heteroatoms. The Hall–Kier alpha value is -3.83. The van der Waals surface area contributed by atoms with E-state index in [2.05, 4.69) is 5.32 Å². The van der Waals surface area contributed by atoms with Gasteiger partial charge < -0.3 is 14.8 Å². The zero-order valence-electron chi connectivity index (χ0n) is 16.6. The van der Waals surface area contributed by atoms with Gasteiger partial charge in [0.2, 0.25) is 0 Å². The van der Waals surface area contributed by atoms with Crippen molar-refractivity contribution in [3.05, 3.63) is 118 Å². The fraction of sp³-hybridized carbons (Fsp3) is 0.0385. The number of carbonyl (C=O) groups is 1. The van der Waals surface area contributed by atoms with Crippen LogP contribution in [0.5, 0.6) is 11.5 Å². The van der Waals surface area contributed by atoms with Gasteiger partial charge in [-0.1, -0.05) is 41.9 Å². The summed E-state index contributed by atoms with van der Waals surface area (Å²) < 4.78 is 26.4. The lowest BCUT2D eigenvalue weighted by Crippen LogP contribution is -2.33. The molecule has 0 amide bonds. The van der Waals surface area contributed by atoms with Gasteiger partial charge in [-0.2, -0.15) is 0 Å². The number of fused-ring (bicyclic) bond motifs is 6. The van der Waals surface area contributed by atoms with Crippen molar-refractivity contribution in [1.82, 2.24) is 0 Å². The largest absolute Gasteiger partial charge is 0.456 e. The molecule has 0 aliphatic carbocycles. The summed E-state index contributed by atoms with van der Waals surface area (Å²) in [4.78, 5) is 12.8. The maximum absolute atomic E-state index is 14.1. The summed E-state index contributed by atoms with van der Waals surface area (Å²) in [6, 6.07) is 24.4. The first kappa shape index (κ1) is 18.9. The molecule has 4 aromatic rings. The highest BCUT2D eigenvalue weighted by molar-refractivity contribution is 6.30. The third kappa shape index (κ3) is 2.65. The molecular weight excluding hydrogens is 429 g/mol. The summed E-state index contributed by atoms with van der Waals surface area (Å²) in [6.45, 7) is 0. The quantitative estimate of drug-likeness (QED) is 0.346. The molecule has 0 saturated heterocycles. The molecule has 1 N–H and O–H groups in total. The average Bonchev–Trinajstić information content (AvgIpc) is 3.08. The molecule has 2 aliphatic heterocycles. The minimum absolute atomic E-state index is 0.346. The van der Waals surface area contributed by atoms with Gasteiger partial charge in [0.05, 0.1) is 11.3 Å². The van der Waals surface area contributed by atoms with E-state index < -0.39 is 11.6 Å². The number of hydrogen-bond donors (Lipinski definition) is 1. The van der Waals surface area contributed by atoms with E-state index in [4.69, 9.17) is 21.1 Å². The number of para-hydroxylation sites is 1. The van der Waals surface area contributed by atoms with E-state index in [1.807, 2.05) is 36.4 Å². The molecule has 4 aromatic carbocycles. The molecule has 2 heterocycles. The summed E-state index contributed by atoms with van der Waals surface area (Å²) >= 11 is 6.24. The van der Waals surface area contributed by atoms with Gasteiger partial charge in [-0.3, -0.25) is 0 Å². The Balaban J connectivity index is 1.56. The molecule has 6 rings (SSSR count). The van der Waals surface area contributed by atoms with Crippen molar-refractivity contribution in [3.63, 3.8) is 0 Å². The second-order valence-electron chi connectivity index (χ2n) is 7.67. The number of carbonyl (C=O) groups excluding carboxylic acids is 1. The molecule has 0 bridgehead atoms. The van der Waals surface area contributed by atoms with Gasteiger partial charge in [-0.25, -0.2) is 9.18 Å². The van der Waals surface area contributed by atoms with Crippen LogP contribution in [0.3, 0.4) is 0 Å². The topological polar surface area (TPSA) is 47.6 Å². The summed E-state index contributed by atoms with van der Waals surface area (Å²) in [5, 5.41) is 3.58. The normalized spacial score (nSPS) is 17.8. The maximum Gasteiger partial charge on any atom is 0.340 e. The zero-order valence-corrected chi connectivity index (χ0v) is 17.3. The fourth-order valence-corrected chi connectivity index (χ4v) is 4.61. The zero-order chi connectivity index (χ0) is 21.9. The number of rotatable bonds is 2. The average molecular weight is 444 g/mol. The van der Waals surface area contributed by atoms with Crippen molar-refractivity contribution in [2.75, 3.05) is 5.32 Å². The smallest absolute Gasteiger partial charge is 0.340 e. The Morgan fingerprint density at radius 3 is 2.38 bits per heavy atom. The van der Waals surface area contributed by atoms with Crippen LogP contribution in [0.4, 0.5) is 15.8 Å². The minimum Gasteiger partial charge on any atom is -0.456 e. The standard InChI is InChI=1S/C26H15ClFNO3/c27-15-9-11-19-23(13-15)31-24-14-16(29-22-8-4-3-7-21(22)28)10-12-20(24)26(19)18-6-2-1-5-17(18)25(30)32-26/h1-14,29H. The highest BCUT2D eigenvalue weighted by Gasteiger charge is 2.53. The van der Waals surface area contributed by atoms with Crippen LogP contribution in [-0.4, -0.2) is 5.97 Å². The highest BCUT2D eigenvalue weighted by Crippen LogP contribution is 2.56. The molecule has 2 aliphatic rings. The molecule has 32 heavy (non-hydrogen) atoms. The van der Waals surface area contributed by atoms with Gasteiger partial charge >= 0.3 is 5.97 Å². The Kier molecular flexibility index (Phi) is 4.04. The molecule has 1 spiro atoms. The van der Waals surface area contributed by atoms with E-state index in [0.717, 1.165) is 5.56 Å². The fourth-order valence-electron chi connectivity index (χ4n) is 4.45. The SMILES string of the molecule is O=C1OC2(c3ccc(Cl)cc3Oc3cc(Nc4ccccc4F)ccc32)c2ccccc21. The van der Waals surface area contributed by atoms with Crippen molar-refractivity contribution in [2.45, 2.75) is 5.60 Å². The lowest BCUT2D eigenvalue weighted by molar-refractivity contribution is 0.0224. The number of hydrogen-bond acceptors (Lipinski definition) is 4. The number of nitrogens with one attached hydrogen (secondary N) is 1. The molecule has 0 radical (unpaired) electrons. The summed E-state index contributed by atoms with van der Waals surface area (Å²) in [6.07, 6.45) is 0. The van der Waals surface area contributed by atoms with Crippen LogP contribution in [-0.2, 0) is 10.3 Å². The molecule has 1 unspecified atom stereocenters. The monoisotopic (exact) mass is 443 g/mol. The number of anilines is 2. The Bertz CT molecular complexity index is 1420. The summed E-state index contributed by atoms with van der Waals surface area (Å²) in [7, 11) is 0. The number of ether oxygens (including phenoxy) is 2. The van der Waals surface area contributed by atoms with E-state index in [9.17, 15) is 9.18 Å². The first-order valence-corrected chi connectivity index (χ1v) is 10.4. The third-order valence-corrected chi connectivity index (χ3v) is 6.06. The molecular formula is C26H15ClFNO3. The predicted molar refractivity (Wildman–Crippen MR) is 119 cm³/mol. The maximum atomic E-state index is 14.1. The van der Waals surface area contributed by atoms with Crippen LogP contribution in [0, 0.1) is 5.82 Å². The van der Waals surface area contributed by atoms with Gasteiger partial charge in [0, 0.05) is 33.5 Å². The molecule has 0 fully saturated rings. The van der Waals surface area contributed by atoms with Crippen LogP contribution in [0.2, 0.25) is 5.02 Å². The molecule has 4 nitrogen and oxygen atoms in total. The lowest BCUT2D eigenvalue weighted by Gasteiger charge is -2.36. The van der Waals surface area contributed by atoms with Crippen molar-refractivity contribution < 1.29 is 18.7 Å². The van der Waals surface area contributed by atoms with Crippen LogP contribution in [0.1, 0.15) is 27.0 Å². The first-order chi connectivity index (χ1) is 15.6. The number of halogens is 2. The van der Waals surface area contributed by atoms with Crippen molar-refractivity contribution >= 4 is 28.9 Å². The van der Waals surface area contributed by atoms with E-state index in [0.29, 0.717) is 44.6 Å². The number of benzene rings is 4. The first-order valence-electron chi connectivity index (χ1n) is 10.0. The molecule has 1 atom stereocenters. The Morgan fingerprint density at radius 1 is 0.812 bits per heavy atom. The molecule has 0 aromatic heterocycles. The van der Waals surface area contributed by atoms with Gasteiger partial charge in [-0.05, 0) is 48.5 Å². The Labute approximate surface area is 188 Å². The van der Waals surface area contributed by atoms with Crippen LogP contribution >= 0.6 is 11.6 Å². The summed E-state index contributed by atoms with van der Waals surface area (Å²) in [5.74, 6) is 0.226. The second kappa shape index (κ2) is 6.84. The Morgan fingerprint density at radius 2 is 1.53 bits per heavy atom. The molecule has 0 saturated carbocycles. The third-order valence-electron chi connectivity index (χ3n) is 5.83. The van der Waals surface area contributed by atoms with Crippen molar-refractivity contribution in [1.29, 1.82) is 0 Å². The van der Waals surface area contributed by atoms with Crippen LogP contribution < -0.4 is 10.1 Å². The second-order valence-corrected chi connectivity index (χ2v) is 8.11. The van der Waals surface area contributed by atoms with E-state index in [1.165, 1.54) is 6.07 Å². The van der Waals surface area contributed by atoms with E-state index in [-0.39, 0.29) is 5.82 Å². The number of esters is 1. The predicted octanol–water partition coefficient (Wildman–Crippen LogP) is 6.79. The van der Waals surface area contributed by atoms with E-state index in [1.54, 1.807) is 42.5 Å². The van der Waals surface area contributed by atoms with Crippen LogP contribution in [0.15, 0.2) is 84.9 Å². The van der Waals surface area contributed by atoms with Crippen molar-refractivity contribution in [2.24, 2.45) is 0 Å². The van der Waals surface area contributed by atoms with Gasteiger partial charge in [0.15, 0.2) is 5.60 Å². The van der Waals surface area contributed by atoms with Gasteiger partial charge in [0.1, 0.15) is 17.3 Å². The van der Waals surface area contributed by atoms with Crippen molar-refractivity contribution in [3.8, 4) is 11.5 Å². The summed E-state index contributed by atoms with van der Waals surface area (Å²) in [5.41, 5.74) is 2.46. The van der Waals surface area contributed by atoms with Crippen LogP contribution in [0.25, 0.3) is 0 Å². The lowest BCUT2D eigenvalue weighted by atomic mass is 9.77. The van der Waals surface area contributed by atoms with Gasteiger partial charge in [0.25, 0.3) is 0 Å². The molecule has 156 valence electrons.